The van der Waals surface area contributed by atoms with Crippen LogP contribution in [0.3, 0.4) is 0 Å². The monoisotopic (exact) mass is 922 g/mol. The van der Waals surface area contributed by atoms with Gasteiger partial charge in [-0.05, 0) is 127 Å². The maximum Gasteiger partial charge on any atom is 0.166 e. The number of hydrogen-bond acceptors (Lipinski definition) is 12. The minimum absolute atomic E-state index is 0.494. The van der Waals surface area contributed by atoms with E-state index in [0.29, 0.717) is 46.0 Å². The molecule has 0 saturated carbocycles. The van der Waals surface area contributed by atoms with Crippen LogP contribution in [0.2, 0.25) is 0 Å². The average Bonchev–Trinajstić information content (AvgIpc) is 3.46. The Morgan fingerprint density at radius 2 is 0.625 bits per heavy atom. The van der Waals surface area contributed by atoms with Crippen LogP contribution in [0.15, 0.2) is 207 Å². The highest BCUT2D eigenvalue weighted by atomic mass is 15.0. The van der Waals surface area contributed by atoms with Crippen molar-refractivity contribution in [1.29, 1.82) is 0 Å². The Balaban J connectivity index is 0.974. The van der Waals surface area contributed by atoms with E-state index in [1.807, 2.05) is 84.9 Å². The molecule has 0 bridgehead atoms. The summed E-state index contributed by atoms with van der Waals surface area (Å²) in [6, 6.07) is 53.5. The van der Waals surface area contributed by atoms with Crippen molar-refractivity contribution < 1.29 is 0 Å². The fraction of sp³-hybridized carbons (Fsp3) is 0. The van der Waals surface area contributed by atoms with Crippen molar-refractivity contribution in [3.63, 3.8) is 0 Å². The SMILES string of the molecule is c1cc(-c2ccncc2)cc(-c2nc(-c3ccc4ccc5c(-c6nc(-c7cccc(-c8ccncc8)c7)nc(-c7cccc8nccnc78)n6)ccc6ccc3c4c65)nc(-c3cccc4nccnc34)n2)c1. The molecule has 334 valence electrons. The van der Waals surface area contributed by atoms with Gasteiger partial charge in [0.2, 0.25) is 0 Å². The molecule has 14 aromatic rings. The second-order valence-corrected chi connectivity index (χ2v) is 17.4. The molecule has 0 aliphatic heterocycles. The molecule has 14 rings (SSSR count). The van der Waals surface area contributed by atoms with Crippen LogP contribution in [-0.2, 0) is 0 Å². The third-order valence-electron chi connectivity index (χ3n) is 13.2. The number of pyridine rings is 2. The lowest BCUT2D eigenvalue weighted by molar-refractivity contribution is 1.08. The largest absolute Gasteiger partial charge is 0.265 e. The Bertz CT molecular complexity index is 4120. The Morgan fingerprint density at radius 3 is 1.08 bits per heavy atom. The smallest absolute Gasteiger partial charge is 0.166 e. The molecule has 0 saturated heterocycles. The van der Waals surface area contributed by atoms with Crippen LogP contribution >= 0.6 is 0 Å². The van der Waals surface area contributed by atoms with Gasteiger partial charge in [0.1, 0.15) is 0 Å². The van der Waals surface area contributed by atoms with Gasteiger partial charge >= 0.3 is 0 Å². The van der Waals surface area contributed by atoms with E-state index in [1.54, 1.807) is 49.6 Å². The maximum atomic E-state index is 5.28. The van der Waals surface area contributed by atoms with E-state index >= 15 is 0 Å². The Labute approximate surface area is 410 Å². The number of rotatable bonds is 8. The van der Waals surface area contributed by atoms with Gasteiger partial charge in [-0.3, -0.25) is 29.9 Å². The highest BCUT2D eigenvalue weighted by Crippen LogP contribution is 2.43. The first-order valence-electron chi connectivity index (χ1n) is 23.3. The van der Waals surface area contributed by atoms with Crippen LogP contribution in [0.4, 0.5) is 0 Å². The summed E-state index contributed by atoms with van der Waals surface area (Å²) in [5.41, 5.74) is 12.0. The summed E-state index contributed by atoms with van der Waals surface area (Å²) in [6.45, 7) is 0. The summed E-state index contributed by atoms with van der Waals surface area (Å²) in [7, 11) is 0. The Kier molecular flexibility index (Phi) is 9.52. The molecule has 0 unspecified atom stereocenters. The van der Waals surface area contributed by atoms with E-state index in [9.17, 15) is 0 Å². The summed E-state index contributed by atoms with van der Waals surface area (Å²) in [5, 5.41) is 6.29. The number of hydrogen-bond donors (Lipinski definition) is 0. The quantitative estimate of drug-likeness (QED) is 0.133. The minimum Gasteiger partial charge on any atom is -0.265 e. The summed E-state index contributed by atoms with van der Waals surface area (Å²) in [6.07, 6.45) is 14.0. The lowest BCUT2D eigenvalue weighted by Gasteiger charge is -2.17. The normalized spacial score (nSPS) is 11.6. The molecule has 0 fully saturated rings. The van der Waals surface area contributed by atoms with Crippen LogP contribution in [0, 0.1) is 0 Å². The first-order chi connectivity index (χ1) is 35.7. The fourth-order valence-corrected chi connectivity index (χ4v) is 9.79. The van der Waals surface area contributed by atoms with E-state index in [1.165, 1.54) is 0 Å². The predicted molar refractivity (Wildman–Crippen MR) is 282 cm³/mol. The molecule has 0 aliphatic rings. The van der Waals surface area contributed by atoms with Gasteiger partial charge in [-0.2, -0.15) is 0 Å². The van der Waals surface area contributed by atoms with Crippen molar-refractivity contribution in [2.75, 3.05) is 0 Å². The molecule has 0 N–H and O–H groups in total. The van der Waals surface area contributed by atoms with E-state index in [-0.39, 0.29) is 0 Å². The molecule has 0 atom stereocenters. The molecule has 12 nitrogen and oxygen atoms in total. The van der Waals surface area contributed by atoms with Gasteiger partial charge in [0.25, 0.3) is 0 Å². The first kappa shape index (κ1) is 40.8. The van der Waals surface area contributed by atoms with Crippen LogP contribution in [0.25, 0.3) is 145 Å². The van der Waals surface area contributed by atoms with Gasteiger partial charge in [0.05, 0.1) is 22.1 Å². The minimum atomic E-state index is 0.494. The third-order valence-corrected chi connectivity index (χ3v) is 13.2. The zero-order chi connectivity index (χ0) is 47.5. The standard InChI is InChI=1S/C60H34N12/c1-5-39(35-21-25-61-26-22-35)33-41(7-1)55-67-57(71-59(69-55)47-9-3-11-49-53(47)65-31-29-63-49)45-19-15-37-14-18-44-46(20-16-38-13-17-43(45)51(37)52(38)44)58-68-56(42-8-2-6-40(34-42)36-23-27-62-28-24-36)70-60(72-58)48-10-4-12-50-54(48)66-32-30-64-50/h1-34H. The maximum absolute atomic E-state index is 5.28. The zero-order valence-corrected chi connectivity index (χ0v) is 38.0. The van der Waals surface area contributed by atoms with Gasteiger partial charge in [-0.15, -0.1) is 0 Å². The first-order valence-corrected chi connectivity index (χ1v) is 23.3. The lowest BCUT2D eigenvalue weighted by Crippen LogP contribution is -2.02. The zero-order valence-electron chi connectivity index (χ0n) is 38.0. The van der Waals surface area contributed by atoms with Gasteiger partial charge in [-0.25, -0.2) is 29.9 Å². The second-order valence-electron chi connectivity index (χ2n) is 17.4. The number of nitrogens with zero attached hydrogens (tertiary/aromatic N) is 12. The van der Waals surface area contributed by atoms with E-state index in [4.69, 9.17) is 39.9 Å². The highest BCUT2D eigenvalue weighted by molar-refractivity contribution is 6.27. The molecule has 0 aliphatic carbocycles. The molecule has 8 aromatic carbocycles. The molecule has 6 aromatic heterocycles. The van der Waals surface area contributed by atoms with Gasteiger partial charge in [0.15, 0.2) is 34.9 Å². The van der Waals surface area contributed by atoms with Gasteiger partial charge in [-0.1, -0.05) is 84.9 Å². The fourth-order valence-electron chi connectivity index (χ4n) is 9.79. The highest BCUT2D eigenvalue weighted by Gasteiger charge is 2.22. The number of benzene rings is 8. The van der Waals surface area contributed by atoms with Crippen molar-refractivity contribution in [3.8, 4) is 90.6 Å². The number of fused-ring (bicyclic) bond motifs is 2. The molecule has 6 heterocycles. The van der Waals surface area contributed by atoms with Gasteiger partial charge < -0.3 is 0 Å². The number of aromatic nitrogens is 12. The van der Waals surface area contributed by atoms with Gasteiger partial charge in [0, 0.05) is 83.0 Å². The molecule has 72 heavy (non-hydrogen) atoms. The van der Waals surface area contributed by atoms with E-state index in [0.717, 1.165) is 99.0 Å². The van der Waals surface area contributed by atoms with Crippen molar-refractivity contribution in [3.05, 3.63) is 207 Å². The molecule has 0 spiro atoms. The van der Waals surface area contributed by atoms with Crippen molar-refractivity contribution >= 4 is 54.4 Å². The Hall–Kier alpha value is -10.2. The molecule has 0 radical (unpaired) electrons. The summed E-state index contributed by atoms with van der Waals surface area (Å²) < 4.78 is 0. The summed E-state index contributed by atoms with van der Waals surface area (Å²) >= 11 is 0. The Morgan fingerprint density at radius 1 is 0.250 bits per heavy atom. The molecular formula is C60H34N12. The molecule has 12 heteroatoms. The van der Waals surface area contributed by atoms with Crippen LogP contribution in [0.5, 0.6) is 0 Å². The van der Waals surface area contributed by atoms with Crippen molar-refractivity contribution in [2.24, 2.45) is 0 Å². The van der Waals surface area contributed by atoms with Crippen molar-refractivity contribution in [1.82, 2.24) is 59.8 Å². The van der Waals surface area contributed by atoms with E-state index < -0.39 is 0 Å². The summed E-state index contributed by atoms with van der Waals surface area (Å²) in [5.74, 6) is 3.11. The average molecular weight is 923 g/mol. The second kappa shape index (κ2) is 16.8. The predicted octanol–water partition coefficient (Wildman–Crippen LogP) is 13.0. The molecular weight excluding hydrogens is 889 g/mol. The van der Waals surface area contributed by atoms with Crippen molar-refractivity contribution in [2.45, 2.75) is 0 Å². The third kappa shape index (κ3) is 7.01. The summed E-state index contributed by atoms with van der Waals surface area (Å²) in [4.78, 5) is 58.5. The number of para-hydroxylation sites is 2. The lowest BCUT2D eigenvalue weighted by atomic mass is 9.89. The molecule has 0 amide bonds. The van der Waals surface area contributed by atoms with Crippen LogP contribution < -0.4 is 0 Å². The topological polar surface area (TPSA) is 155 Å². The van der Waals surface area contributed by atoms with Crippen LogP contribution in [-0.4, -0.2) is 59.8 Å². The van der Waals surface area contributed by atoms with Crippen LogP contribution in [0.1, 0.15) is 0 Å². The van der Waals surface area contributed by atoms with E-state index in [2.05, 4.69) is 92.7 Å².